The number of halogens is 1. The molecule has 10 heteroatoms. The number of fused-ring (bicyclic) bond motifs is 6. The summed E-state index contributed by atoms with van der Waals surface area (Å²) in [5.41, 5.74) is 1.79. The number of aromatic nitrogens is 3. The minimum Gasteiger partial charge on any atom is -0.449 e. The predicted octanol–water partition coefficient (Wildman–Crippen LogP) is 4.50. The molecule has 0 saturated heterocycles. The third-order valence-corrected chi connectivity index (χ3v) is 12.3. The molecule has 224 valence electrons. The zero-order valence-corrected chi connectivity index (χ0v) is 24.9. The normalized spacial score (nSPS) is 36.7. The number of esters is 1. The van der Waals surface area contributed by atoms with Gasteiger partial charge in [-0.25, -0.2) is 9.67 Å². The fraction of sp³-hybridized carbons (Fsp3) is 0.625. The van der Waals surface area contributed by atoms with Crippen LogP contribution in [0.25, 0.3) is 11.8 Å². The lowest BCUT2D eigenvalue weighted by molar-refractivity contribution is -0.197. The lowest BCUT2D eigenvalue weighted by Crippen LogP contribution is -2.62. The summed E-state index contributed by atoms with van der Waals surface area (Å²) in [4.78, 5) is 30.7. The van der Waals surface area contributed by atoms with Crippen molar-refractivity contribution < 1.29 is 28.9 Å². The van der Waals surface area contributed by atoms with Crippen molar-refractivity contribution in [3.05, 3.63) is 47.3 Å². The van der Waals surface area contributed by atoms with Crippen LogP contribution in [-0.2, 0) is 20.7 Å². The Labute approximate surface area is 249 Å². The fourth-order valence-corrected chi connectivity index (χ4v) is 10.1. The van der Waals surface area contributed by atoms with Gasteiger partial charge in [0.1, 0.15) is 0 Å². The van der Waals surface area contributed by atoms with E-state index in [9.17, 15) is 24.2 Å². The maximum atomic E-state index is 13.8. The first-order valence-corrected chi connectivity index (χ1v) is 16.2. The minimum atomic E-state index is -1.29. The van der Waals surface area contributed by atoms with E-state index >= 15 is 0 Å². The van der Waals surface area contributed by atoms with Crippen molar-refractivity contribution in [2.45, 2.75) is 76.9 Å². The lowest BCUT2D eigenvalue weighted by atomic mass is 9.45. The van der Waals surface area contributed by atoms with Crippen LogP contribution in [0.2, 0.25) is 0 Å². The number of pyridine rings is 1. The first kappa shape index (κ1) is 28.2. The van der Waals surface area contributed by atoms with Gasteiger partial charge >= 0.3 is 5.97 Å². The summed E-state index contributed by atoms with van der Waals surface area (Å²) in [5, 5.41) is 25.9. The van der Waals surface area contributed by atoms with Crippen molar-refractivity contribution in [1.29, 1.82) is 0 Å². The molecule has 42 heavy (non-hydrogen) atoms. The number of carbonyl (C=O) groups is 2. The van der Waals surface area contributed by atoms with Crippen LogP contribution in [0.15, 0.2) is 30.1 Å². The highest BCUT2D eigenvalue weighted by atomic mass is 32.2. The molecular formula is C32H38FN3O5S. The van der Waals surface area contributed by atoms with Crippen LogP contribution >= 0.6 is 11.8 Å². The Hall–Kier alpha value is -2.56. The summed E-state index contributed by atoms with van der Waals surface area (Å²) in [6.45, 7) is 4.20. The van der Waals surface area contributed by atoms with Crippen LogP contribution in [0.1, 0.15) is 70.1 Å². The van der Waals surface area contributed by atoms with Gasteiger partial charge in [0.15, 0.2) is 5.60 Å². The largest absolute Gasteiger partial charge is 0.449 e. The number of hydrogen-bond acceptors (Lipinski definition) is 8. The highest BCUT2D eigenvalue weighted by Gasteiger charge is 2.71. The number of hydrogen-bond donors (Lipinski definition) is 2. The number of ether oxygens (including phenoxy) is 1. The molecular weight excluding hydrogens is 557 g/mol. The first-order chi connectivity index (χ1) is 20.1. The molecule has 0 unspecified atom stereocenters. The van der Waals surface area contributed by atoms with Gasteiger partial charge in [-0.3, -0.25) is 9.59 Å². The van der Waals surface area contributed by atoms with Gasteiger partial charge in [-0.1, -0.05) is 31.2 Å². The molecule has 7 atom stereocenters. The first-order valence-electron chi connectivity index (χ1n) is 15.2. The number of aliphatic hydroxyl groups is 2. The predicted molar refractivity (Wildman–Crippen MR) is 155 cm³/mol. The molecule has 0 bridgehead atoms. The van der Waals surface area contributed by atoms with Crippen LogP contribution in [-0.4, -0.2) is 60.1 Å². The highest BCUT2D eigenvalue weighted by Crippen LogP contribution is 2.69. The quantitative estimate of drug-likeness (QED) is 0.371. The van der Waals surface area contributed by atoms with Crippen molar-refractivity contribution in [1.82, 2.24) is 14.8 Å². The topological polar surface area (TPSA) is 115 Å². The number of nitrogens with zero attached hydrogens (tertiary/aromatic N) is 3. The van der Waals surface area contributed by atoms with E-state index in [0.29, 0.717) is 18.5 Å². The monoisotopic (exact) mass is 595 g/mol. The Morgan fingerprint density at radius 1 is 1.19 bits per heavy atom. The Bertz CT molecular complexity index is 1460. The van der Waals surface area contributed by atoms with Crippen LogP contribution in [0.3, 0.4) is 0 Å². The molecule has 5 aliphatic rings. The summed E-state index contributed by atoms with van der Waals surface area (Å²) < 4.78 is 21.5. The summed E-state index contributed by atoms with van der Waals surface area (Å²) in [7, 11) is 0. The average Bonchev–Trinajstić information content (AvgIpc) is 3.68. The van der Waals surface area contributed by atoms with Crippen molar-refractivity contribution in [3.8, 4) is 5.69 Å². The summed E-state index contributed by atoms with van der Waals surface area (Å²) in [6.07, 6.45) is 10.6. The SMILES string of the molecule is C[C@]12Cc3cnn(-c4ccc(F)nc4)c3C=C1CC[C@@H]1[C@@H]2[C@@H](O)C[C@@]2(C)[C@H]1CC[C@]2(OC(=O)C1CC1)C(=O)SCCO. The maximum absolute atomic E-state index is 13.8. The molecule has 4 fully saturated rings. The Balaban J connectivity index is 1.22. The second-order valence-corrected chi connectivity index (χ2v) is 14.6. The van der Waals surface area contributed by atoms with Crippen LogP contribution < -0.4 is 0 Å². The van der Waals surface area contributed by atoms with Gasteiger partial charge in [0.25, 0.3) is 0 Å². The van der Waals surface area contributed by atoms with Gasteiger partial charge in [-0.05, 0) is 98.3 Å². The Kier molecular flexibility index (Phi) is 6.71. The molecule has 4 saturated carbocycles. The molecule has 0 amide bonds. The van der Waals surface area contributed by atoms with E-state index in [0.717, 1.165) is 61.5 Å². The number of allylic oxidation sites excluding steroid dienone is 1. The zero-order valence-electron chi connectivity index (χ0n) is 24.1. The lowest BCUT2D eigenvalue weighted by Gasteiger charge is -2.60. The fourth-order valence-electron chi connectivity index (χ4n) is 9.25. The van der Waals surface area contributed by atoms with E-state index in [-0.39, 0.29) is 52.5 Å². The number of rotatable bonds is 6. The van der Waals surface area contributed by atoms with E-state index < -0.39 is 23.1 Å². The van der Waals surface area contributed by atoms with Gasteiger partial charge in [0.2, 0.25) is 11.1 Å². The van der Waals surface area contributed by atoms with E-state index in [4.69, 9.17) is 4.74 Å². The molecule has 2 heterocycles. The number of carbonyl (C=O) groups excluding carboxylic acids is 2. The van der Waals surface area contributed by atoms with E-state index in [1.165, 1.54) is 17.8 Å². The van der Waals surface area contributed by atoms with Crippen molar-refractivity contribution in [3.63, 3.8) is 0 Å². The van der Waals surface area contributed by atoms with Gasteiger partial charge in [0, 0.05) is 11.2 Å². The Morgan fingerprint density at radius 2 is 2.00 bits per heavy atom. The third-order valence-electron chi connectivity index (χ3n) is 11.3. The Morgan fingerprint density at radius 3 is 2.71 bits per heavy atom. The zero-order chi connectivity index (χ0) is 29.4. The van der Waals surface area contributed by atoms with Crippen LogP contribution in [0, 0.1) is 40.4 Å². The third kappa shape index (κ3) is 4.08. The number of aliphatic hydroxyl groups excluding tert-OH is 2. The molecule has 0 aliphatic heterocycles. The second-order valence-electron chi connectivity index (χ2n) is 13.5. The van der Waals surface area contributed by atoms with Crippen molar-refractivity contribution in [2.24, 2.45) is 34.5 Å². The standard InChI is InChI=1S/C32H38FN3O5S/c1-30-14-19-16-35-36(21-6-8-26(33)34-17-21)24(19)13-20(30)5-7-22-23-9-10-32(29(40)42-12-11-37,41-28(39)18-3-4-18)31(23,2)15-25(38)27(22)30/h6,8,13,16-18,22-23,25,27,37-38H,3-5,7,9-12,14-15H2,1-2H3/t22-,23-,25-,27+,30-,31-,32-/m0/s1. The van der Waals surface area contributed by atoms with Gasteiger partial charge in [0.05, 0.1) is 42.4 Å². The minimum absolute atomic E-state index is 0.00491. The highest BCUT2D eigenvalue weighted by molar-refractivity contribution is 8.13. The molecule has 2 aromatic heterocycles. The van der Waals surface area contributed by atoms with Crippen molar-refractivity contribution in [2.75, 3.05) is 12.4 Å². The average molecular weight is 596 g/mol. The van der Waals surface area contributed by atoms with Crippen LogP contribution in [0.4, 0.5) is 4.39 Å². The van der Waals surface area contributed by atoms with Gasteiger partial charge in [-0.15, -0.1) is 0 Å². The van der Waals surface area contributed by atoms with E-state index in [2.05, 4.69) is 30.0 Å². The molecule has 2 N–H and O–H groups in total. The molecule has 0 radical (unpaired) electrons. The van der Waals surface area contributed by atoms with Crippen molar-refractivity contribution >= 4 is 28.9 Å². The molecule has 0 aromatic carbocycles. The molecule has 8 nitrogen and oxygen atoms in total. The van der Waals surface area contributed by atoms with E-state index in [1.807, 2.05) is 10.9 Å². The van der Waals surface area contributed by atoms with Gasteiger partial charge in [-0.2, -0.15) is 9.49 Å². The molecule has 0 spiro atoms. The second kappa shape index (κ2) is 9.99. The maximum Gasteiger partial charge on any atom is 0.309 e. The molecule has 2 aromatic rings. The van der Waals surface area contributed by atoms with E-state index in [1.54, 1.807) is 6.07 Å². The summed E-state index contributed by atoms with van der Waals surface area (Å²) in [6, 6.07) is 3.01. The summed E-state index contributed by atoms with van der Waals surface area (Å²) >= 11 is 1.05. The van der Waals surface area contributed by atoms with Crippen LogP contribution in [0.5, 0.6) is 0 Å². The number of thioether (sulfide) groups is 1. The molecule has 5 aliphatic carbocycles. The smallest absolute Gasteiger partial charge is 0.309 e. The molecule has 7 rings (SSSR count). The van der Waals surface area contributed by atoms with Gasteiger partial charge < -0.3 is 14.9 Å². The summed E-state index contributed by atoms with van der Waals surface area (Å²) in [5.74, 6) is -0.400.